The van der Waals surface area contributed by atoms with Crippen LogP contribution in [0, 0.1) is 10.1 Å². The third-order valence-electron chi connectivity index (χ3n) is 4.33. The van der Waals surface area contributed by atoms with E-state index in [9.17, 15) is 14.9 Å². The fourth-order valence-electron chi connectivity index (χ4n) is 2.98. The Morgan fingerprint density at radius 3 is 2.48 bits per heavy atom. The molecule has 1 fully saturated rings. The molecule has 1 aliphatic rings. The molecule has 142 valence electrons. The molecule has 0 spiro atoms. The van der Waals surface area contributed by atoms with Crippen LogP contribution in [0.25, 0.3) is 0 Å². The molecular formula is C19H17Cl2NO5. The van der Waals surface area contributed by atoms with Crippen molar-refractivity contribution in [2.24, 2.45) is 0 Å². The van der Waals surface area contributed by atoms with Gasteiger partial charge in [-0.1, -0.05) is 29.6 Å². The highest BCUT2D eigenvalue weighted by atomic mass is 35.5. The summed E-state index contributed by atoms with van der Waals surface area (Å²) in [4.78, 5) is 23.2. The highest BCUT2D eigenvalue weighted by molar-refractivity contribution is 6.35. The molecule has 1 aliphatic carbocycles. The van der Waals surface area contributed by atoms with Crippen molar-refractivity contribution in [3.05, 3.63) is 62.1 Å². The second kappa shape index (κ2) is 8.59. The maximum Gasteiger partial charge on any atom is 0.345 e. The zero-order valence-electron chi connectivity index (χ0n) is 14.3. The van der Waals surface area contributed by atoms with Crippen molar-refractivity contribution < 1.29 is 19.2 Å². The minimum atomic E-state index is -0.721. The molecule has 0 radical (unpaired) electrons. The lowest BCUT2D eigenvalue weighted by atomic mass is 9.98. The summed E-state index contributed by atoms with van der Waals surface area (Å²) >= 11 is 11.9. The van der Waals surface area contributed by atoms with Crippen LogP contribution in [0.15, 0.2) is 36.4 Å². The number of hydrogen-bond acceptors (Lipinski definition) is 5. The number of ether oxygens (including phenoxy) is 2. The Morgan fingerprint density at radius 1 is 1.07 bits per heavy atom. The Kier molecular flexibility index (Phi) is 6.19. The van der Waals surface area contributed by atoms with Gasteiger partial charge in [-0.05, 0) is 49.9 Å². The summed E-state index contributed by atoms with van der Waals surface area (Å²) in [5, 5.41) is 12.0. The van der Waals surface area contributed by atoms with Gasteiger partial charge in [-0.25, -0.2) is 4.79 Å². The van der Waals surface area contributed by atoms with E-state index in [0.717, 1.165) is 32.1 Å². The molecule has 6 nitrogen and oxygen atoms in total. The summed E-state index contributed by atoms with van der Waals surface area (Å²) in [7, 11) is 0. The Hall–Kier alpha value is -2.31. The predicted octanol–water partition coefficient (Wildman–Crippen LogP) is 6.18. The van der Waals surface area contributed by atoms with Crippen LogP contribution in [0.4, 0.5) is 5.69 Å². The van der Waals surface area contributed by atoms with Crippen molar-refractivity contribution in [1.82, 2.24) is 0 Å². The molecule has 3 rings (SSSR count). The SMILES string of the molecule is O=C(OC1CCCCC1)c1cc(Oc2ccc(Cl)cc2Cl)ccc1[N+](=O)[O-]. The summed E-state index contributed by atoms with van der Waals surface area (Å²) < 4.78 is 11.1. The molecule has 2 aromatic carbocycles. The predicted molar refractivity (Wildman–Crippen MR) is 102 cm³/mol. The first-order chi connectivity index (χ1) is 12.9. The Bertz CT molecular complexity index is 865. The second-order valence-electron chi connectivity index (χ2n) is 6.28. The van der Waals surface area contributed by atoms with E-state index < -0.39 is 10.9 Å². The Labute approximate surface area is 166 Å². The zero-order valence-corrected chi connectivity index (χ0v) is 15.8. The molecule has 0 heterocycles. The van der Waals surface area contributed by atoms with Crippen molar-refractivity contribution in [1.29, 1.82) is 0 Å². The fourth-order valence-corrected chi connectivity index (χ4v) is 3.43. The van der Waals surface area contributed by atoms with E-state index in [1.54, 1.807) is 12.1 Å². The van der Waals surface area contributed by atoms with Crippen molar-refractivity contribution in [3.63, 3.8) is 0 Å². The number of carbonyl (C=O) groups is 1. The van der Waals surface area contributed by atoms with Crippen LogP contribution in [0.2, 0.25) is 10.0 Å². The van der Waals surface area contributed by atoms with Crippen molar-refractivity contribution in [3.8, 4) is 11.5 Å². The van der Waals surface area contributed by atoms with Gasteiger partial charge in [-0.3, -0.25) is 10.1 Å². The van der Waals surface area contributed by atoms with Gasteiger partial charge < -0.3 is 9.47 Å². The average molecular weight is 410 g/mol. The monoisotopic (exact) mass is 409 g/mol. The summed E-state index contributed by atoms with van der Waals surface area (Å²) in [6.45, 7) is 0. The summed E-state index contributed by atoms with van der Waals surface area (Å²) in [6.07, 6.45) is 4.42. The average Bonchev–Trinajstić information content (AvgIpc) is 2.64. The number of hydrogen-bond donors (Lipinski definition) is 0. The van der Waals surface area contributed by atoms with Crippen LogP contribution < -0.4 is 4.74 Å². The molecule has 0 saturated heterocycles. The molecule has 0 amide bonds. The molecule has 0 bridgehead atoms. The highest BCUT2D eigenvalue weighted by Crippen LogP contribution is 2.34. The van der Waals surface area contributed by atoms with Crippen LogP contribution in [-0.2, 0) is 4.74 Å². The molecule has 0 aromatic heterocycles. The number of rotatable bonds is 5. The maximum absolute atomic E-state index is 12.5. The minimum absolute atomic E-state index is 0.145. The van der Waals surface area contributed by atoms with Gasteiger partial charge in [0, 0.05) is 17.2 Å². The van der Waals surface area contributed by atoms with Crippen LogP contribution >= 0.6 is 23.2 Å². The molecular weight excluding hydrogens is 393 g/mol. The minimum Gasteiger partial charge on any atom is -0.459 e. The lowest BCUT2D eigenvalue weighted by Crippen LogP contribution is -2.21. The third-order valence-corrected chi connectivity index (χ3v) is 4.86. The number of esters is 1. The number of nitrogens with zero attached hydrogens (tertiary/aromatic N) is 1. The first-order valence-corrected chi connectivity index (χ1v) is 9.32. The van der Waals surface area contributed by atoms with Gasteiger partial charge in [0.05, 0.1) is 9.95 Å². The molecule has 2 aromatic rings. The summed E-state index contributed by atoms with van der Waals surface area (Å²) in [5.41, 5.74) is -0.474. The number of benzene rings is 2. The van der Waals surface area contributed by atoms with E-state index in [1.807, 2.05) is 0 Å². The largest absolute Gasteiger partial charge is 0.459 e. The van der Waals surface area contributed by atoms with E-state index in [-0.39, 0.29) is 28.1 Å². The molecule has 0 atom stereocenters. The van der Waals surface area contributed by atoms with Gasteiger partial charge in [0.2, 0.25) is 0 Å². The first-order valence-electron chi connectivity index (χ1n) is 8.56. The quantitative estimate of drug-likeness (QED) is 0.334. The smallest absolute Gasteiger partial charge is 0.345 e. The molecule has 8 heteroatoms. The van der Waals surface area contributed by atoms with Crippen molar-refractivity contribution in [2.45, 2.75) is 38.2 Å². The molecule has 0 unspecified atom stereocenters. The lowest BCUT2D eigenvalue weighted by molar-refractivity contribution is -0.385. The fraction of sp³-hybridized carbons (Fsp3) is 0.316. The topological polar surface area (TPSA) is 78.7 Å². The van der Waals surface area contributed by atoms with E-state index in [0.29, 0.717) is 10.8 Å². The summed E-state index contributed by atoms with van der Waals surface area (Å²) in [5.74, 6) is -0.164. The van der Waals surface area contributed by atoms with Gasteiger partial charge in [0.25, 0.3) is 5.69 Å². The van der Waals surface area contributed by atoms with E-state index in [2.05, 4.69) is 0 Å². The van der Waals surface area contributed by atoms with E-state index in [4.69, 9.17) is 32.7 Å². The van der Waals surface area contributed by atoms with Gasteiger partial charge >= 0.3 is 5.97 Å². The summed E-state index contributed by atoms with van der Waals surface area (Å²) in [6, 6.07) is 8.62. The lowest BCUT2D eigenvalue weighted by Gasteiger charge is -2.21. The Balaban J connectivity index is 1.85. The first kappa shape index (κ1) is 19.5. The van der Waals surface area contributed by atoms with Gasteiger partial charge in [-0.2, -0.15) is 0 Å². The van der Waals surface area contributed by atoms with Crippen molar-refractivity contribution >= 4 is 34.9 Å². The van der Waals surface area contributed by atoms with E-state index in [1.165, 1.54) is 24.3 Å². The van der Waals surface area contributed by atoms with Gasteiger partial charge in [0.1, 0.15) is 23.2 Å². The molecule has 27 heavy (non-hydrogen) atoms. The zero-order chi connectivity index (χ0) is 19.4. The number of nitro groups is 1. The molecule has 1 saturated carbocycles. The van der Waals surface area contributed by atoms with E-state index >= 15 is 0 Å². The maximum atomic E-state index is 12.5. The number of nitro benzene ring substituents is 1. The van der Waals surface area contributed by atoms with Crippen LogP contribution in [0.1, 0.15) is 42.5 Å². The van der Waals surface area contributed by atoms with Crippen LogP contribution in [-0.4, -0.2) is 17.0 Å². The Morgan fingerprint density at radius 2 is 1.81 bits per heavy atom. The number of carbonyl (C=O) groups excluding carboxylic acids is 1. The van der Waals surface area contributed by atoms with Gasteiger partial charge in [0.15, 0.2) is 0 Å². The normalized spacial score (nSPS) is 14.6. The van der Waals surface area contributed by atoms with Gasteiger partial charge in [-0.15, -0.1) is 0 Å². The molecule has 0 aliphatic heterocycles. The third kappa shape index (κ3) is 4.90. The van der Waals surface area contributed by atoms with Crippen LogP contribution in [0.3, 0.4) is 0 Å². The van der Waals surface area contributed by atoms with Crippen LogP contribution in [0.5, 0.6) is 11.5 Å². The number of halogens is 2. The van der Waals surface area contributed by atoms with Crippen molar-refractivity contribution in [2.75, 3.05) is 0 Å². The highest BCUT2D eigenvalue weighted by Gasteiger charge is 2.26. The second-order valence-corrected chi connectivity index (χ2v) is 7.12. The molecule has 0 N–H and O–H groups in total. The standard InChI is InChI=1S/C19H17Cl2NO5/c20-12-6-9-18(16(21)10-12)26-14-7-8-17(22(24)25)15(11-14)19(23)27-13-4-2-1-3-5-13/h6-11,13H,1-5H2.